The molecule has 0 N–H and O–H groups in total. The van der Waals surface area contributed by atoms with E-state index in [1.807, 2.05) is 0 Å². The van der Waals surface area contributed by atoms with Crippen LogP contribution < -0.4 is 14.2 Å². The molecule has 1 aliphatic heterocycles. The molecular weight excluding hydrogens is 350 g/mol. The van der Waals surface area contributed by atoms with E-state index in [-0.39, 0.29) is 17.9 Å². The average Bonchev–Trinajstić information content (AvgIpc) is 2.65. The lowest BCUT2D eigenvalue weighted by molar-refractivity contribution is -0.153. The SMILES string of the molecule is O=C(COC(=O)[C@H]1COc2ccccc2O1)c1ccc(OC(F)F)cc1. The summed E-state index contributed by atoms with van der Waals surface area (Å²) >= 11 is 0. The number of benzene rings is 2. The maximum Gasteiger partial charge on any atom is 0.387 e. The molecule has 0 aromatic heterocycles. The molecule has 6 nitrogen and oxygen atoms in total. The summed E-state index contributed by atoms with van der Waals surface area (Å²) in [4.78, 5) is 24.1. The minimum absolute atomic E-state index is 0.0241. The second-order valence-electron chi connectivity index (χ2n) is 5.30. The molecule has 1 atom stereocenters. The Hall–Kier alpha value is -3.16. The lowest BCUT2D eigenvalue weighted by Gasteiger charge is -2.24. The predicted molar refractivity (Wildman–Crippen MR) is 84.7 cm³/mol. The smallest absolute Gasteiger partial charge is 0.387 e. The Bertz CT molecular complexity index is 791. The van der Waals surface area contributed by atoms with Gasteiger partial charge in [-0.1, -0.05) is 12.1 Å². The Labute approximate surface area is 147 Å². The van der Waals surface area contributed by atoms with Crippen molar-refractivity contribution in [2.75, 3.05) is 13.2 Å². The van der Waals surface area contributed by atoms with Crippen LogP contribution in [0.5, 0.6) is 17.2 Å². The fourth-order valence-corrected chi connectivity index (χ4v) is 2.27. The molecule has 0 saturated carbocycles. The number of esters is 1. The van der Waals surface area contributed by atoms with Crippen molar-refractivity contribution in [3.05, 3.63) is 54.1 Å². The summed E-state index contributed by atoms with van der Waals surface area (Å²) < 4.78 is 44.2. The van der Waals surface area contributed by atoms with Crippen LogP contribution in [-0.2, 0) is 9.53 Å². The highest BCUT2D eigenvalue weighted by Crippen LogP contribution is 2.31. The minimum Gasteiger partial charge on any atom is -0.485 e. The van der Waals surface area contributed by atoms with Crippen LogP contribution in [0.15, 0.2) is 48.5 Å². The van der Waals surface area contributed by atoms with Gasteiger partial charge in [-0.05, 0) is 36.4 Å². The maximum atomic E-state index is 12.1. The monoisotopic (exact) mass is 364 g/mol. The molecule has 8 heteroatoms. The summed E-state index contributed by atoms with van der Waals surface area (Å²) in [6, 6.07) is 12.0. The van der Waals surface area contributed by atoms with Gasteiger partial charge in [-0.3, -0.25) is 4.79 Å². The fourth-order valence-electron chi connectivity index (χ4n) is 2.27. The van der Waals surface area contributed by atoms with Crippen molar-refractivity contribution in [2.24, 2.45) is 0 Å². The first-order chi connectivity index (χ1) is 12.5. The van der Waals surface area contributed by atoms with E-state index in [9.17, 15) is 18.4 Å². The zero-order valence-electron chi connectivity index (χ0n) is 13.4. The third-order valence-electron chi connectivity index (χ3n) is 3.52. The first kappa shape index (κ1) is 17.7. The van der Waals surface area contributed by atoms with E-state index in [4.69, 9.17) is 14.2 Å². The number of para-hydroxylation sites is 2. The zero-order valence-corrected chi connectivity index (χ0v) is 13.4. The van der Waals surface area contributed by atoms with Gasteiger partial charge in [-0.25, -0.2) is 4.79 Å². The lowest BCUT2D eigenvalue weighted by atomic mass is 10.1. The van der Waals surface area contributed by atoms with Crippen LogP contribution in [0.3, 0.4) is 0 Å². The van der Waals surface area contributed by atoms with Crippen molar-refractivity contribution in [1.29, 1.82) is 0 Å². The minimum atomic E-state index is -2.94. The van der Waals surface area contributed by atoms with Crippen LogP contribution in [-0.4, -0.2) is 37.7 Å². The van der Waals surface area contributed by atoms with Gasteiger partial charge in [0.15, 0.2) is 23.9 Å². The largest absolute Gasteiger partial charge is 0.485 e. The first-order valence-electron chi connectivity index (χ1n) is 7.66. The molecule has 0 amide bonds. The molecule has 0 unspecified atom stereocenters. The lowest BCUT2D eigenvalue weighted by Crippen LogP contribution is -2.38. The molecule has 0 fully saturated rings. The normalized spacial score (nSPS) is 15.4. The number of carbonyl (C=O) groups is 2. The number of hydrogen-bond acceptors (Lipinski definition) is 6. The van der Waals surface area contributed by atoms with Crippen LogP contribution in [0.2, 0.25) is 0 Å². The maximum absolute atomic E-state index is 12.1. The number of carbonyl (C=O) groups excluding carboxylic acids is 2. The molecular formula is C18H14F2O6. The van der Waals surface area contributed by atoms with Gasteiger partial charge in [0.05, 0.1) is 0 Å². The second-order valence-corrected chi connectivity index (χ2v) is 5.30. The molecule has 3 rings (SSSR count). The molecule has 2 aromatic carbocycles. The van der Waals surface area contributed by atoms with E-state index in [2.05, 4.69) is 4.74 Å². The summed E-state index contributed by atoms with van der Waals surface area (Å²) in [6.07, 6.45) is -0.973. The number of ketones is 1. The Balaban J connectivity index is 1.52. The van der Waals surface area contributed by atoms with Gasteiger partial charge in [0, 0.05) is 5.56 Å². The van der Waals surface area contributed by atoms with Crippen LogP contribution >= 0.6 is 0 Å². The van der Waals surface area contributed by atoms with Crippen LogP contribution in [0.4, 0.5) is 8.78 Å². The number of ether oxygens (including phenoxy) is 4. The van der Waals surface area contributed by atoms with Gasteiger partial charge in [0.2, 0.25) is 6.10 Å². The number of fused-ring (bicyclic) bond motifs is 1. The Morgan fingerprint density at radius 2 is 1.77 bits per heavy atom. The van der Waals surface area contributed by atoms with E-state index in [1.54, 1.807) is 24.3 Å². The van der Waals surface area contributed by atoms with Crippen LogP contribution in [0.1, 0.15) is 10.4 Å². The van der Waals surface area contributed by atoms with Crippen LogP contribution in [0, 0.1) is 0 Å². The number of rotatable bonds is 6. The second kappa shape index (κ2) is 7.81. The highest BCUT2D eigenvalue weighted by molar-refractivity contribution is 5.98. The van der Waals surface area contributed by atoms with Gasteiger partial charge in [-0.2, -0.15) is 8.78 Å². The molecule has 0 radical (unpaired) electrons. The Morgan fingerprint density at radius 1 is 1.08 bits per heavy atom. The summed E-state index contributed by atoms with van der Waals surface area (Å²) in [5.41, 5.74) is 0.200. The molecule has 1 heterocycles. The van der Waals surface area contributed by atoms with E-state index in [0.717, 1.165) is 0 Å². The molecule has 0 spiro atoms. The van der Waals surface area contributed by atoms with Crippen molar-refractivity contribution in [1.82, 2.24) is 0 Å². The van der Waals surface area contributed by atoms with Crippen molar-refractivity contribution < 1.29 is 37.3 Å². The van der Waals surface area contributed by atoms with E-state index in [0.29, 0.717) is 11.5 Å². The van der Waals surface area contributed by atoms with E-state index < -0.39 is 31.1 Å². The predicted octanol–water partition coefficient (Wildman–Crippen LogP) is 2.85. The summed E-state index contributed by atoms with van der Waals surface area (Å²) in [6.45, 7) is -3.47. The van der Waals surface area contributed by atoms with Crippen molar-refractivity contribution in [3.63, 3.8) is 0 Å². The third-order valence-corrected chi connectivity index (χ3v) is 3.52. The quantitative estimate of drug-likeness (QED) is 0.580. The molecule has 0 saturated heterocycles. The van der Waals surface area contributed by atoms with Crippen LogP contribution in [0.25, 0.3) is 0 Å². The molecule has 2 aromatic rings. The number of hydrogen-bond donors (Lipinski definition) is 0. The van der Waals surface area contributed by atoms with Gasteiger partial charge in [0.1, 0.15) is 12.4 Å². The van der Waals surface area contributed by atoms with E-state index >= 15 is 0 Å². The van der Waals surface area contributed by atoms with E-state index in [1.165, 1.54) is 24.3 Å². The summed E-state index contributed by atoms with van der Waals surface area (Å²) in [5, 5.41) is 0. The number of halogens is 2. The topological polar surface area (TPSA) is 71.1 Å². The number of Topliss-reactive ketones (excluding diaryl/α,β-unsaturated/α-hetero) is 1. The zero-order chi connectivity index (χ0) is 18.5. The molecule has 0 bridgehead atoms. The van der Waals surface area contributed by atoms with Gasteiger partial charge >= 0.3 is 12.6 Å². The standard InChI is InChI=1S/C18H14F2O6/c19-18(20)25-12-7-5-11(6-8-12)13(21)9-24-17(22)16-10-23-14-3-1-2-4-15(14)26-16/h1-8,16,18H,9-10H2/t16-/m1/s1. The van der Waals surface area contributed by atoms with Crippen molar-refractivity contribution in [2.45, 2.75) is 12.7 Å². The average molecular weight is 364 g/mol. The fraction of sp³-hybridized carbons (Fsp3) is 0.222. The van der Waals surface area contributed by atoms with Crippen molar-refractivity contribution >= 4 is 11.8 Å². The van der Waals surface area contributed by atoms with Gasteiger partial charge in [0.25, 0.3) is 0 Å². The Morgan fingerprint density at radius 3 is 2.46 bits per heavy atom. The molecule has 1 aliphatic rings. The first-order valence-corrected chi connectivity index (χ1v) is 7.66. The molecule has 26 heavy (non-hydrogen) atoms. The highest BCUT2D eigenvalue weighted by atomic mass is 19.3. The van der Waals surface area contributed by atoms with Gasteiger partial charge in [-0.15, -0.1) is 0 Å². The molecule has 136 valence electrons. The third kappa shape index (κ3) is 4.27. The van der Waals surface area contributed by atoms with Gasteiger partial charge < -0.3 is 18.9 Å². The number of alkyl halides is 2. The van der Waals surface area contributed by atoms with Crippen molar-refractivity contribution in [3.8, 4) is 17.2 Å². The highest BCUT2D eigenvalue weighted by Gasteiger charge is 2.29. The Kier molecular flexibility index (Phi) is 5.31. The molecule has 0 aliphatic carbocycles. The summed E-state index contributed by atoms with van der Waals surface area (Å²) in [7, 11) is 0. The summed E-state index contributed by atoms with van der Waals surface area (Å²) in [5.74, 6) is -0.343.